The molecule has 35 heavy (non-hydrogen) atoms. The number of nitrogens with zero attached hydrogens (tertiary/aromatic N) is 2. The molecule has 1 saturated heterocycles. The Morgan fingerprint density at radius 2 is 1.71 bits per heavy atom. The largest absolute Gasteiger partial charge is 0.489 e. The van der Waals surface area contributed by atoms with E-state index in [1.54, 1.807) is 6.07 Å². The number of halogens is 1. The van der Waals surface area contributed by atoms with Crippen molar-refractivity contribution >= 4 is 11.6 Å². The molecule has 0 saturated carbocycles. The maximum absolute atomic E-state index is 13.9. The van der Waals surface area contributed by atoms with E-state index in [2.05, 4.69) is 66.4 Å². The van der Waals surface area contributed by atoms with E-state index in [9.17, 15) is 9.18 Å². The molecule has 4 nitrogen and oxygen atoms in total. The Hall–Kier alpha value is -3.34. The molecule has 2 heterocycles. The molecule has 5 rings (SSSR count). The molecular weight excluding hydrogens is 439 g/mol. The third-order valence-corrected chi connectivity index (χ3v) is 7.32. The molecule has 0 N–H and O–H groups in total. The van der Waals surface area contributed by atoms with Crippen molar-refractivity contribution in [1.29, 1.82) is 0 Å². The molecule has 0 unspecified atom stereocenters. The van der Waals surface area contributed by atoms with Crippen LogP contribution in [0.4, 0.5) is 10.1 Å². The van der Waals surface area contributed by atoms with Gasteiger partial charge in [-0.1, -0.05) is 60.2 Å². The number of hydrogen-bond acceptors (Lipinski definition) is 3. The van der Waals surface area contributed by atoms with Crippen molar-refractivity contribution in [3.05, 3.63) is 95.3 Å². The minimum Gasteiger partial charge on any atom is -0.489 e. The summed E-state index contributed by atoms with van der Waals surface area (Å²) in [6, 6.07) is 23.6. The molecule has 182 valence electrons. The molecule has 1 amide bonds. The lowest BCUT2D eigenvalue weighted by molar-refractivity contribution is -0.133. The first-order valence-electron chi connectivity index (χ1n) is 12.6. The number of anilines is 1. The quantitative estimate of drug-likeness (QED) is 0.456. The fourth-order valence-electron chi connectivity index (χ4n) is 5.25. The molecule has 3 aromatic carbocycles. The lowest BCUT2D eigenvalue weighted by atomic mass is 9.90. The average Bonchev–Trinajstić information content (AvgIpc) is 2.87. The number of hydrogen-bond donors (Lipinski definition) is 0. The zero-order chi connectivity index (χ0) is 24.2. The summed E-state index contributed by atoms with van der Waals surface area (Å²) in [6.07, 6.45) is 3.55. The molecule has 0 aliphatic carbocycles. The molecule has 1 atom stereocenters. The fourth-order valence-corrected chi connectivity index (χ4v) is 5.25. The number of benzene rings is 3. The third kappa shape index (κ3) is 5.67. The highest BCUT2D eigenvalue weighted by molar-refractivity contribution is 5.78. The molecule has 5 heteroatoms. The number of carbonyl (C=O) groups is 1. The second-order valence-corrected chi connectivity index (χ2v) is 9.91. The number of piperidine rings is 1. The van der Waals surface area contributed by atoms with Gasteiger partial charge in [0.15, 0.2) is 0 Å². The smallest absolute Gasteiger partial charge is 0.224 e. The SMILES string of the molecule is Cc1ccc(CN2c3ccc(F)cc3OC[C@@H]2CC(=O)N2CCC(Cc3ccccc3)CC2)cc1. The predicted molar refractivity (Wildman–Crippen MR) is 137 cm³/mol. The summed E-state index contributed by atoms with van der Waals surface area (Å²) in [7, 11) is 0. The number of amides is 1. The van der Waals surface area contributed by atoms with Crippen LogP contribution in [-0.2, 0) is 17.8 Å². The van der Waals surface area contributed by atoms with E-state index in [1.165, 1.54) is 23.3 Å². The van der Waals surface area contributed by atoms with Crippen molar-refractivity contribution in [2.75, 3.05) is 24.6 Å². The van der Waals surface area contributed by atoms with Crippen LogP contribution in [0.2, 0.25) is 0 Å². The molecule has 1 fully saturated rings. The maximum atomic E-state index is 13.9. The van der Waals surface area contributed by atoms with E-state index in [0.717, 1.165) is 43.6 Å². The molecule has 3 aromatic rings. The number of ether oxygens (including phenoxy) is 1. The maximum Gasteiger partial charge on any atom is 0.224 e. The number of rotatable bonds is 6. The number of fused-ring (bicyclic) bond motifs is 1. The lowest BCUT2D eigenvalue weighted by Gasteiger charge is -2.40. The Kier molecular flexibility index (Phi) is 7.03. The number of carbonyl (C=O) groups excluding carboxylic acids is 1. The van der Waals surface area contributed by atoms with Gasteiger partial charge in [0, 0.05) is 25.7 Å². The van der Waals surface area contributed by atoms with E-state index >= 15 is 0 Å². The van der Waals surface area contributed by atoms with Crippen LogP contribution in [0, 0.1) is 18.7 Å². The van der Waals surface area contributed by atoms with Crippen molar-refractivity contribution in [3.63, 3.8) is 0 Å². The van der Waals surface area contributed by atoms with Gasteiger partial charge in [-0.3, -0.25) is 4.79 Å². The van der Waals surface area contributed by atoms with Gasteiger partial charge in [0.2, 0.25) is 5.91 Å². The normalized spacial score (nSPS) is 18.2. The summed E-state index contributed by atoms with van der Waals surface area (Å²) in [4.78, 5) is 17.6. The topological polar surface area (TPSA) is 32.8 Å². The van der Waals surface area contributed by atoms with Crippen LogP contribution in [0.15, 0.2) is 72.8 Å². The Morgan fingerprint density at radius 3 is 2.46 bits per heavy atom. The van der Waals surface area contributed by atoms with E-state index in [1.807, 2.05) is 4.90 Å². The Bertz CT molecular complexity index is 1140. The summed E-state index contributed by atoms with van der Waals surface area (Å²) in [5.74, 6) is 1.03. The van der Waals surface area contributed by atoms with Crippen LogP contribution < -0.4 is 9.64 Å². The second kappa shape index (κ2) is 10.5. The minimum atomic E-state index is -0.313. The number of likely N-dealkylation sites (tertiary alicyclic amines) is 1. The molecule has 0 spiro atoms. The van der Waals surface area contributed by atoms with E-state index < -0.39 is 0 Å². The van der Waals surface area contributed by atoms with Crippen LogP contribution >= 0.6 is 0 Å². The van der Waals surface area contributed by atoms with E-state index in [4.69, 9.17) is 4.74 Å². The second-order valence-electron chi connectivity index (χ2n) is 9.91. The van der Waals surface area contributed by atoms with Gasteiger partial charge in [0.05, 0.1) is 18.2 Å². The average molecular weight is 473 g/mol. The van der Waals surface area contributed by atoms with Crippen molar-refractivity contribution in [1.82, 2.24) is 4.90 Å². The van der Waals surface area contributed by atoms with E-state index in [-0.39, 0.29) is 17.8 Å². The van der Waals surface area contributed by atoms with Crippen molar-refractivity contribution in [2.45, 2.75) is 45.2 Å². The predicted octanol–water partition coefficient (Wildman–Crippen LogP) is 5.77. The lowest BCUT2D eigenvalue weighted by Crippen LogP contribution is -2.47. The van der Waals surface area contributed by atoms with E-state index in [0.29, 0.717) is 31.2 Å². The van der Waals surface area contributed by atoms with Crippen molar-refractivity contribution < 1.29 is 13.9 Å². The van der Waals surface area contributed by atoms with Gasteiger partial charge in [-0.05, 0) is 55.4 Å². The molecule has 0 aromatic heterocycles. The monoisotopic (exact) mass is 472 g/mol. The van der Waals surface area contributed by atoms with Crippen molar-refractivity contribution in [3.8, 4) is 5.75 Å². The highest BCUT2D eigenvalue weighted by Gasteiger charge is 2.32. The van der Waals surface area contributed by atoms with Gasteiger partial charge in [0.1, 0.15) is 18.2 Å². The summed E-state index contributed by atoms with van der Waals surface area (Å²) >= 11 is 0. The summed E-state index contributed by atoms with van der Waals surface area (Å²) in [5.41, 5.74) is 4.59. The fraction of sp³-hybridized carbons (Fsp3) is 0.367. The van der Waals surface area contributed by atoms with Crippen LogP contribution in [0.3, 0.4) is 0 Å². The van der Waals surface area contributed by atoms with Gasteiger partial charge < -0.3 is 14.5 Å². The van der Waals surface area contributed by atoms with Gasteiger partial charge in [-0.25, -0.2) is 4.39 Å². The molecule has 2 aliphatic rings. The standard InChI is InChI=1S/C30H33FN2O2/c1-22-7-9-25(10-8-22)20-33-27(21-35-29-18-26(31)11-12-28(29)33)19-30(34)32-15-13-24(14-16-32)17-23-5-3-2-4-6-23/h2-12,18,24,27H,13-17,19-21H2,1H3/t27-/m0/s1. The van der Waals surface area contributed by atoms with Gasteiger partial charge >= 0.3 is 0 Å². The Balaban J connectivity index is 1.25. The van der Waals surface area contributed by atoms with Crippen LogP contribution in [-0.4, -0.2) is 36.5 Å². The molecule has 2 aliphatic heterocycles. The van der Waals surface area contributed by atoms with Gasteiger partial charge in [0.25, 0.3) is 0 Å². The van der Waals surface area contributed by atoms with Crippen LogP contribution in [0.25, 0.3) is 0 Å². The zero-order valence-electron chi connectivity index (χ0n) is 20.3. The summed E-state index contributed by atoms with van der Waals surface area (Å²) < 4.78 is 19.8. The first kappa shape index (κ1) is 23.4. The minimum absolute atomic E-state index is 0.0937. The Labute approximate surface area is 207 Å². The third-order valence-electron chi connectivity index (χ3n) is 7.32. The molecule has 0 bridgehead atoms. The highest BCUT2D eigenvalue weighted by Crippen LogP contribution is 2.36. The van der Waals surface area contributed by atoms with Crippen LogP contribution in [0.5, 0.6) is 5.75 Å². The van der Waals surface area contributed by atoms with Gasteiger partial charge in [-0.2, -0.15) is 0 Å². The number of aryl methyl sites for hydroxylation is 1. The summed E-state index contributed by atoms with van der Waals surface area (Å²) in [6.45, 7) is 4.71. The summed E-state index contributed by atoms with van der Waals surface area (Å²) in [5, 5.41) is 0. The first-order valence-corrected chi connectivity index (χ1v) is 12.6. The zero-order valence-corrected chi connectivity index (χ0v) is 20.3. The van der Waals surface area contributed by atoms with Gasteiger partial charge in [-0.15, -0.1) is 0 Å². The molecule has 0 radical (unpaired) electrons. The van der Waals surface area contributed by atoms with Crippen molar-refractivity contribution in [2.24, 2.45) is 5.92 Å². The van der Waals surface area contributed by atoms with Crippen LogP contribution in [0.1, 0.15) is 36.0 Å². The Morgan fingerprint density at radius 1 is 0.971 bits per heavy atom. The highest BCUT2D eigenvalue weighted by atomic mass is 19.1. The molecular formula is C30H33FN2O2. The first-order chi connectivity index (χ1) is 17.0.